The minimum atomic E-state index is -2.76. The van der Waals surface area contributed by atoms with Crippen molar-refractivity contribution in [3.63, 3.8) is 0 Å². The van der Waals surface area contributed by atoms with Gasteiger partial charge in [0.1, 0.15) is 15.0 Å². The highest BCUT2D eigenvalue weighted by Crippen LogP contribution is 2.24. The van der Waals surface area contributed by atoms with E-state index in [4.69, 9.17) is 10.8 Å². The second-order valence-corrected chi connectivity index (χ2v) is 3.43. The third-order valence-corrected chi connectivity index (χ3v) is 2.24. The van der Waals surface area contributed by atoms with E-state index in [0.717, 1.165) is 6.07 Å². The molecule has 0 amide bonds. The van der Waals surface area contributed by atoms with E-state index in [-0.39, 0.29) is 15.0 Å². The van der Waals surface area contributed by atoms with Crippen molar-refractivity contribution in [3.8, 4) is 0 Å². The second kappa shape index (κ2) is 4.03. The van der Waals surface area contributed by atoms with Gasteiger partial charge in [-0.05, 0) is 28.7 Å². The van der Waals surface area contributed by atoms with Crippen LogP contribution in [0, 0.1) is 3.70 Å². The lowest BCUT2D eigenvalue weighted by atomic mass is 10.2. The monoisotopic (exact) mass is 314 g/mol. The fourth-order valence-electron chi connectivity index (χ4n) is 0.876. The summed E-state index contributed by atoms with van der Waals surface area (Å²) in [6.45, 7) is 0. The lowest BCUT2D eigenvalue weighted by Crippen LogP contribution is -2.09. The zero-order chi connectivity index (χ0) is 10.9. The molecule has 1 rings (SSSR count). The van der Waals surface area contributed by atoms with Gasteiger partial charge in [0, 0.05) is 0 Å². The number of nitrogens with zero attached hydrogens (tertiary/aromatic N) is 1. The summed E-state index contributed by atoms with van der Waals surface area (Å²) < 4.78 is 24.3. The van der Waals surface area contributed by atoms with Crippen LogP contribution in [0.3, 0.4) is 0 Å². The lowest BCUT2D eigenvalue weighted by Gasteiger charge is -2.05. The number of rotatable bonds is 2. The van der Waals surface area contributed by atoms with Gasteiger partial charge in [0.2, 0.25) is 0 Å². The van der Waals surface area contributed by atoms with Gasteiger partial charge >= 0.3 is 5.97 Å². The van der Waals surface area contributed by atoms with Gasteiger partial charge in [-0.25, -0.2) is 18.6 Å². The molecule has 0 saturated heterocycles. The molecular formula is C7H5F2IN2O2. The van der Waals surface area contributed by atoms with Crippen molar-refractivity contribution in [3.05, 3.63) is 21.0 Å². The zero-order valence-corrected chi connectivity index (χ0v) is 8.83. The van der Waals surface area contributed by atoms with E-state index in [1.54, 1.807) is 22.6 Å². The van der Waals surface area contributed by atoms with E-state index >= 15 is 0 Å². The largest absolute Gasteiger partial charge is 0.478 e. The Hall–Kier alpha value is -0.990. The Morgan fingerprint density at radius 1 is 1.64 bits per heavy atom. The van der Waals surface area contributed by atoms with Crippen molar-refractivity contribution in [1.82, 2.24) is 4.98 Å². The van der Waals surface area contributed by atoms with E-state index in [0.29, 0.717) is 0 Å². The van der Waals surface area contributed by atoms with Crippen LogP contribution in [0.15, 0.2) is 6.07 Å². The van der Waals surface area contributed by atoms with E-state index in [1.165, 1.54) is 0 Å². The molecule has 1 heterocycles. The average molecular weight is 314 g/mol. The number of carboxylic acids is 1. The minimum absolute atomic E-state index is 0.0367. The topological polar surface area (TPSA) is 76.2 Å². The zero-order valence-electron chi connectivity index (χ0n) is 6.67. The van der Waals surface area contributed by atoms with Crippen molar-refractivity contribution < 1.29 is 18.7 Å². The number of alkyl halides is 2. The maximum atomic E-state index is 12.2. The Bertz CT molecular complexity index is 361. The number of pyridine rings is 1. The molecule has 0 aromatic carbocycles. The summed E-state index contributed by atoms with van der Waals surface area (Å²) in [5.41, 5.74) is 4.34. The summed E-state index contributed by atoms with van der Waals surface area (Å²) in [7, 11) is 0. The van der Waals surface area contributed by atoms with Crippen LogP contribution in [-0.4, -0.2) is 16.1 Å². The first-order chi connectivity index (χ1) is 6.43. The molecule has 76 valence electrons. The maximum absolute atomic E-state index is 12.2. The average Bonchev–Trinajstić information content (AvgIpc) is 2.01. The molecule has 0 radical (unpaired) electrons. The molecule has 0 fully saturated rings. The Morgan fingerprint density at radius 2 is 2.21 bits per heavy atom. The first-order valence-corrected chi connectivity index (χ1v) is 4.48. The van der Waals surface area contributed by atoms with Gasteiger partial charge in [0.25, 0.3) is 6.43 Å². The third kappa shape index (κ3) is 2.08. The second-order valence-electron chi connectivity index (χ2n) is 2.41. The van der Waals surface area contributed by atoms with Gasteiger partial charge in [-0.3, -0.25) is 0 Å². The van der Waals surface area contributed by atoms with E-state index in [1.807, 2.05) is 0 Å². The van der Waals surface area contributed by atoms with Crippen LogP contribution in [0.1, 0.15) is 22.5 Å². The number of hydrogen-bond donors (Lipinski definition) is 2. The van der Waals surface area contributed by atoms with Crippen molar-refractivity contribution in [2.75, 3.05) is 5.73 Å². The summed E-state index contributed by atoms with van der Waals surface area (Å²) >= 11 is 1.55. The van der Waals surface area contributed by atoms with Crippen molar-refractivity contribution in [1.29, 1.82) is 0 Å². The van der Waals surface area contributed by atoms with Gasteiger partial charge in [0.05, 0.1) is 5.69 Å². The fourth-order valence-corrected chi connectivity index (χ4v) is 1.70. The van der Waals surface area contributed by atoms with Crippen LogP contribution < -0.4 is 5.73 Å². The molecular weight excluding hydrogens is 309 g/mol. The van der Waals surface area contributed by atoms with Crippen molar-refractivity contribution >= 4 is 34.2 Å². The van der Waals surface area contributed by atoms with Gasteiger partial charge in [-0.2, -0.15) is 0 Å². The summed E-state index contributed by atoms with van der Waals surface area (Å²) in [5, 5.41) is 8.66. The van der Waals surface area contributed by atoms with Crippen LogP contribution in [0.25, 0.3) is 0 Å². The van der Waals surface area contributed by atoms with Gasteiger partial charge in [-0.1, -0.05) is 0 Å². The molecule has 3 N–H and O–H groups in total. The standard InChI is InChI=1S/C7H5F2IN2O2/c8-5(9)3-1-2(11)4(7(13)14)6(10)12-3/h1,5H,(H2,11,12)(H,13,14). The number of nitrogen functional groups attached to an aromatic ring is 1. The van der Waals surface area contributed by atoms with Gasteiger partial charge in [0.15, 0.2) is 0 Å². The molecule has 0 bridgehead atoms. The SMILES string of the molecule is Nc1cc(C(F)F)nc(I)c1C(=O)O. The molecule has 1 aromatic rings. The summed E-state index contributed by atoms with van der Waals surface area (Å²) in [5.74, 6) is -1.28. The number of aromatic nitrogens is 1. The minimum Gasteiger partial charge on any atom is -0.478 e. The molecule has 0 aliphatic heterocycles. The third-order valence-electron chi connectivity index (χ3n) is 1.46. The molecule has 4 nitrogen and oxygen atoms in total. The predicted octanol–water partition coefficient (Wildman–Crippen LogP) is 1.90. The first-order valence-electron chi connectivity index (χ1n) is 3.41. The number of carboxylic acid groups (broad SMARTS) is 1. The predicted molar refractivity (Wildman–Crippen MR) is 53.3 cm³/mol. The highest BCUT2D eigenvalue weighted by atomic mass is 127. The molecule has 0 spiro atoms. The smallest absolute Gasteiger partial charge is 0.340 e. The normalized spacial score (nSPS) is 10.6. The number of anilines is 1. The van der Waals surface area contributed by atoms with E-state index in [2.05, 4.69) is 4.98 Å². The quantitative estimate of drug-likeness (QED) is 0.646. The molecule has 0 unspecified atom stereocenters. The molecule has 0 atom stereocenters. The molecule has 0 saturated carbocycles. The van der Waals surface area contributed by atoms with E-state index < -0.39 is 18.1 Å². The Labute approximate surface area is 91.3 Å². The van der Waals surface area contributed by atoms with Gasteiger partial charge < -0.3 is 10.8 Å². The molecule has 7 heteroatoms. The Balaban J connectivity index is 3.32. The lowest BCUT2D eigenvalue weighted by molar-refractivity contribution is 0.0695. The summed E-state index contributed by atoms with van der Waals surface area (Å²) in [4.78, 5) is 14.0. The fraction of sp³-hybridized carbons (Fsp3) is 0.143. The van der Waals surface area contributed by atoms with Crippen LogP contribution >= 0.6 is 22.6 Å². The van der Waals surface area contributed by atoms with Crippen molar-refractivity contribution in [2.45, 2.75) is 6.43 Å². The van der Waals surface area contributed by atoms with Crippen LogP contribution in [0.5, 0.6) is 0 Å². The number of carbonyl (C=O) groups is 1. The first kappa shape index (κ1) is 11.1. The number of hydrogen-bond acceptors (Lipinski definition) is 3. The van der Waals surface area contributed by atoms with E-state index in [9.17, 15) is 13.6 Å². The molecule has 14 heavy (non-hydrogen) atoms. The van der Waals surface area contributed by atoms with Gasteiger partial charge in [-0.15, -0.1) is 0 Å². The van der Waals surface area contributed by atoms with Crippen molar-refractivity contribution in [2.24, 2.45) is 0 Å². The molecule has 1 aromatic heterocycles. The molecule has 0 aliphatic rings. The van der Waals surface area contributed by atoms with Crippen LogP contribution in [-0.2, 0) is 0 Å². The summed E-state index contributed by atoms with van der Waals surface area (Å²) in [6.07, 6.45) is -2.76. The van der Waals surface area contributed by atoms with Crippen LogP contribution in [0.2, 0.25) is 0 Å². The van der Waals surface area contributed by atoms with Crippen LogP contribution in [0.4, 0.5) is 14.5 Å². The highest BCUT2D eigenvalue weighted by Gasteiger charge is 2.18. The number of nitrogens with two attached hydrogens (primary N) is 1. The Morgan fingerprint density at radius 3 is 2.57 bits per heavy atom. The molecule has 0 aliphatic carbocycles. The number of halogens is 3. The maximum Gasteiger partial charge on any atom is 0.340 e. The highest BCUT2D eigenvalue weighted by molar-refractivity contribution is 14.1. The number of aromatic carboxylic acids is 1. The Kier molecular flexibility index (Phi) is 3.19. The summed E-state index contributed by atoms with van der Waals surface area (Å²) in [6, 6.07) is 0.871.